The number of thioether (sulfide) groups is 1. The second-order valence-corrected chi connectivity index (χ2v) is 8.97. The minimum atomic E-state index is -0.551. The van der Waals surface area contributed by atoms with Crippen LogP contribution in [0.25, 0.3) is 0 Å². The molecule has 5 nitrogen and oxygen atoms in total. The normalized spacial score (nSPS) is 12.9. The fraction of sp³-hybridized carbons (Fsp3) is 0.462. The van der Waals surface area contributed by atoms with Crippen LogP contribution in [0.4, 0.5) is 0 Å². The van der Waals surface area contributed by atoms with Gasteiger partial charge in [-0.15, -0.1) is 0 Å². The van der Waals surface area contributed by atoms with Gasteiger partial charge in [0.2, 0.25) is 5.91 Å². The Morgan fingerprint density at radius 1 is 1.03 bits per heavy atom. The maximum Gasteiger partial charge on any atom is 0.251 e. The molecular weight excluding hydrogens is 418 g/mol. The van der Waals surface area contributed by atoms with E-state index in [2.05, 4.69) is 41.5 Å². The lowest BCUT2D eigenvalue weighted by molar-refractivity contribution is -0.123. The highest BCUT2D eigenvalue weighted by Crippen LogP contribution is 2.10. The third-order valence-electron chi connectivity index (χ3n) is 5.67. The molecule has 2 rings (SSSR count). The number of carbonyl (C=O) groups excluding carboxylic acids is 2. The van der Waals surface area contributed by atoms with E-state index in [-0.39, 0.29) is 17.9 Å². The summed E-state index contributed by atoms with van der Waals surface area (Å²) < 4.78 is 0. The fourth-order valence-electron chi connectivity index (χ4n) is 3.83. The number of benzene rings is 2. The molecule has 32 heavy (non-hydrogen) atoms. The first kappa shape index (κ1) is 25.9. The lowest BCUT2D eigenvalue weighted by Gasteiger charge is -2.30. The monoisotopic (exact) mass is 455 g/mol. The summed E-state index contributed by atoms with van der Waals surface area (Å²) in [5.74, 6) is 0.472. The summed E-state index contributed by atoms with van der Waals surface area (Å²) in [7, 11) is 0. The van der Waals surface area contributed by atoms with Crippen molar-refractivity contribution in [2.75, 3.05) is 31.6 Å². The highest BCUT2D eigenvalue weighted by molar-refractivity contribution is 7.98. The fourth-order valence-corrected chi connectivity index (χ4v) is 4.30. The van der Waals surface area contributed by atoms with Crippen molar-refractivity contribution in [3.63, 3.8) is 0 Å². The molecule has 0 heterocycles. The average Bonchev–Trinajstić information content (AvgIpc) is 2.81. The number of rotatable bonds is 13. The van der Waals surface area contributed by atoms with Gasteiger partial charge in [0.1, 0.15) is 6.04 Å². The van der Waals surface area contributed by atoms with E-state index in [0.717, 1.165) is 30.8 Å². The van der Waals surface area contributed by atoms with Crippen LogP contribution in [0, 0.1) is 6.92 Å². The number of amides is 2. The molecule has 2 N–H and O–H groups in total. The molecule has 2 amide bonds. The zero-order valence-electron chi connectivity index (χ0n) is 19.8. The van der Waals surface area contributed by atoms with Crippen LogP contribution in [0.2, 0.25) is 0 Å². The molecule has 2 unspecified atom stereocenters. The van der Waals surface area contributed by atoms with Crippen molar-refractivity contribution in [3.05, 3.63) is 71.3 Å². The molecule has 0 aliphatic heterocycles. The van der Waals surface area contributed by atoms with Crippen molar-refractivity contribution in [3.8, 4) is 0 Å². The van der Waals surface area contributed by atoms with Crippen LogP contribution in [-0.2, 0) is 11.2 Å². The minimum absolute atomic E-state index is 0.120. The lowest BCUT2D eigenvalue weighted by atomic mass is 10.0. The van der Waals surface area contributed by atoms with E-state index in [1.54, 1.807) is 17.8 Å². The van der Waals surface area contributed by atoms with E-state index in [1.807, 2.05) is 49.6 Å². The summed E-state index contributed by atoms with van der Waals surface area (Å²) in [4.78, 5) is 28.2. The van der Waals surface area contributed by atoms with Crippen molar-refractivity contribution >= 4 is 23.6 Å². The molecule has 2 aromatic carbocycles. The molecule has 0 saturated heterocycles. The van der Waals surface area contributed by atoms with Crippen molar-refractivity contribution in [1.29, 1.82) is 0 Å². The predicted octanol–water partition coefficient (Wildman–Crippen LogP) is 3.92. The number of likely N-dealkylation sites (N-methyl/N-ethyl adjacent to an activating group) is 1. The SMILES string of the molecule is CCN(CC)C(CNC(=O)C(CCSC)NC(=O)c1cccc(C)c1)Cc1ccccc1. The van der Waals surface area contributed by atoms with Crippen LogP contribution in [0.5, 0.6) is 0 Å². The van der Waals surface area contributed by atoms with Gasteiger partial charge in [0.05, 0.1) is 0 Å². The molecule has 0 fully saturated rings. The van der Waals surface area contributed by atoms with Crippen LogP contribution in [0.1, 0.15) is 41.8 Å². The number of aryl methyl sites for hydroxylation is 1. The van der Waals surface area contributed by atoms with Crippen LogP contribution < -0.4 is 10.6 Å². The number of hydrogen-bond donors (Lipinski definition) is 2. The highest BCUT2D eigenvalue weighted by Gasteiger charge is 2.23. The van der Waals surface area contributed by atoms with Gasteiger partial charge in [-0.2, -0.15) is 11.8 Å². The summed E-state index contributed by atoms with van der Waals surface area (Å²) >= 11 is 1.67. The molecule has 0 radical (unpaired) electrons. The number of hydrogen-bond acceptors (Lipinski definition) is 4. The zero-order valence-corrected chi connectivity index (χ0v) is 20.6. The number of nitrogens with zero attached hydrogens (tertiary/aromatic N) is 1. The summed E-state index contributed by atoms with van der Waals surface area (Å²) in [6, 6.07) is 17.5. The summed E-state index contributed by atoms with van der Waals surface area (Å²) in [6.07, 6.45) is 3.47. The largest absolute Gasteiger partial charge is 0.353 e. The van der Waals surface area contributed by atoms with Crippen LogP contribution >= 0.6 is 11.8 Å². The summed E-state index contributed by atoms with van der Waals surface area (Å²) in [5.41, 5.74) is 2.85. The maximum absolute atomic E-state index is 13.1. The zero-order chi connectivity index (χ0) is 23.3. The van der Waals surface area contributed by atoms with Gasteiger partial charge in [-0.3, -0.25) is 14.5 Å². The van der Waals surface area contributed by atoms with E-state index in [9.17, 15) is 9.59 Å². The maximum atomic E-state index is 13.1. The summed E-state index contributed by atoms with van der Waals surface area (Å²) in [6.45, 7) is 8.63. The Bertz CT molecular complexity index is 840. The Kier molecular flexibility index (Phi) is 11.3. The molecular formula is C26H37N3O2S. The average molecular weight is 456 g/mol. The quantitative estimate of drug-likeness (QED) is 0.481. The molecule has 0 saturated carbocycles. The topological polar surface area (TPSA) is 61.4 Å². The first-order valence-corrected chi connectivity index (χ1v) is 12.8. The first-order chi connectivity index (χ1) is 15.5. The van der Waals surface area contributed by atoms with E-state index in [0.29, 0.717) is 18.5 Å². The minimum Gasteiger partial charge on any atom is -0.353 e. The Hall–Kier alpha value is -2.31. The van der Waals surface area contributed by atoms with E-state index in [4.69, 9.17) is 0 Å². The van der Waals surface area contributed by atoms with Gasteiger partial charge >= 0.3 is 0 Å². The van der Waals surface area contributed by atoms with Crippen LogP contribution in [0.15, 0.2) is 54.6 Å². The van der Waals surface area contributed by atoms with Gasteiger partial charge in [-0.1, -0.05) is 61.9 Å². The Morgan fingerprint density at radius 2 is 1.75 bits per heavy atom. The van der Waals surface area contributed by atoms with Gasteiger partial charge in [-0.05, 0) is 62.6 Å². The predicted molar refractivity (Wildman–Crippen MR) is 135 cm³/mol. The van der Waals surface area contributed by atoms with Crippen molar-refractivity contribution < 1.29 is 9.59 Å². The standard InChI is InChI=1S/C26H37N3O2S/c1-5-29(6-2)23(18-21-12-8-7-9-13-21)19-27-26(31)24(15-16-32-4)28-25(30)22-14-10-11-20(3)17-22/h7-14,17,23-24H,5-6,15-16,18-19H2,1-4H3,(H,27,31)(H,28,30). The van der Waals surface area contributed by atoms with E-state index in [1.165, 1.54) is 5.56 Å². The second-order valence-electron chi connectivity index (χ2n) is 7.99. The van der Waals surface area contributed by atoms with Gasteiger partial charge in [0, 0.05) is 18.2 Å². The van der Waals surface area contributed by atoms with Gasteiger partial charge in [0.15, 0.2) is 0 Å². The Balaban J connectivity index is 2.06. The van der Waals surface area contributed by atoms with Gasteiger partial charge in [-0.25, -0.2) is 0 Å². The third-order valence-corrected chi connectivity index (χ3v) is 6.31. The lowest BCUT2D eigenvalue weighted by Crippen LogP contribution is -2.51. The van der Waals surface area contributed by atoms with Crippen LogP contribution in [-0.4, -0.2) is 60.4 Å². The molecule has 0 aliphatic carbocycles. The molecule has 0 aromatic heterocycles. The number of nitrogens with one attached hydrogen (secondary N) is 2. The Morgan fingerprint density at radius 3 is 2.38 bits per heavy atom. The summed E-state index contributed by atoms with van der Waals surface area (Å²) in [5, 5.41) is 6.07. The van der Waals surface area contributed by atoms with Crippen LogP contribution in [0.3, 0.4) is 0 Å². The molecule has 2 atom stereocenters. The molecule has 0 bridgehead atoms. The van der Waals surface area contributed by atoms with Gasteiger partial charge < -0.3 is 10.6 Å². The van der Waals surface area contributed by atoms with E-state index < -0.39 is 6.04 Å². The molecule has 174 valence electrons. The third kappa shape index (κ3) is 8.32. The highest BCUT2D eigenvalue weighted by atomic mass is 32.2. The van der Waals surface area contributed by atoms with Crippen molar-refractivity contribution in [2.45, 2.75) is 45.7 Å². The van der Waals surface area contributed by atoms with Crippen molar-refractivity contribution in [1.82, 2.24) is 15.5 Å². The van der Waals surface area contributed by atoms with E-state index >= 15 is 0 Å². The Labute approximate surface area is 197 Å². The van der Waals surface area contributed by atoms with Crippen molar-refractivity contribution in [2.24, 2.45) is 0 Å². The number of carbonyl (C=O) groups is 2. The van der Waals surface area contributed by atoms with Gasteiger partial charge in [0.25, 0.3) is 5.91 Å². The molecule has 0 aliphatic rings. The smallest absolute Gasteiger partial charge is 0.251 e. The molecule has 6 heteroatoms. The molecule has 0 spiro atoms. The first-order valence-electron chi connectivity index (χ1n) is 11.4. The second kappa shape index (κ2) is 14.0. The molecule has 2 aromatic rings.